The highest BCUT2D eigenvalue weighted by molar-refractivity contribution is 9.10. The molecule has 4 aromatic rings. The third-order valence-corrected chi connectivity index (χ3v) is 4.36. The van der Waals surface area contributed by atoms with Crippen LogP contribution < -0.4 is 5.32 Å². The van der Waals surface area contributed by atoms with Crippen LogP contribution in [0.3, 0.4) is 0 Å². The highest BCUT2D eigenvalue weighted by atomic mass is 79.9. The molecule has 0 spiro atoms. The summed E-state index contributed by atoms with van der Waals surface area (Å²) in [6.45, 7) is 2.04. The van der Waals surface area contributed by atoms with Gasteiger partial charge in [0.1, 0.15) is 23.5 Å². The number of hydrogen-bond donors (Lipinski definition) is 3. The standard InChI is InChI=1S/C15H12BrN7O2/c1-2-25-15(24)11-10(16)9-13(18-6-19-14(9)22-11)21-8-3-7-4-20-23-12(7)17-5-8/h3-6H,2H2,1H3,(H,17,20,23)(H2,18,19,21,22). The summed E-state index contributed by atoms with van der Waals surface area (Å²) in [5, 5.41) is 11.5. The van der Waals surface area contributed by atoms with Crippen LogP contribution in [0, 0.1) is 0 Å². The summed E-state index contributed by atoms with van der Waals surface area (Å²) < 4.78 is 5.59. The Hall–Kier alpha value is -3.01. The minimum Gasteiger partial charge on any atom is -0.461 e. The Bertz CT molecular complexity index is 1090. The van der Waals surface area contributed by atoms with Crippen LogP contribution in [0.2, 0.25) is 0 Å². The van der Waals surface area contributed by atoms with E-state index in [1.165, 1.54) is 6.33 Å². The third-order valence-electron chi connectivity index (χ3n) is 3.56. The number of aromatic nitrogens is 6. The molecule has 25 heavy (non-hydrogen) atoms. The zero-order valence-electron chi connectivity index (χ0n) is 13.0. The van der Waals surface area contributed by atoms with Crippen LogP contribution in [0.5, 0.6) is 0 Å². The normalized spacial score (nSPS) is 11.1. The summed E-state index contributed by atoms with van der Waals surface area (Å²) in [4.78, 5) is 27.7. The summed E-state index contributed by atoms with van der Waals surface area (Å²) in [5.41, 5.74) is 2.25. The average molecular weight is 402 g/mol. The molecule has 0 aliphatic rings. The molecule has 0 aliphatic carbocycles. The summed E-state index contributed by atoms with van der Waals surface area (Å²) in [6.07, 6.45) is 4.77. The van der Waals surface area contributed by atoms with Crippen LogP contribution in [0.4, 0.5) is 11.5 Å². The van der Waals surface area contributed by atoms with E-state index in [9.17, 15) is 4.79 Å². The molecule has 4 rings (SSSR count). The molecule has 9 nitrogen and oxygen atoms in total. The second-order valence-electron chi connectivity index (χ2n) is 5.14. The molecule has 0 saturated heterocycles. The fourth-order valence-corrected chi connectivity index (χ4v) is 3.10. The lowest BCUT2D eigenvalue weighted by molar-refractivity contribution is 0.0519. The fraction of sp³-hybridized carbons (Fsp3) is 0.133. The molecular formula is C15H12BrN7O2. The average Bonchev–Trinajstić information content (AvgIpc) is 3.20. The number of hydrogen-bond acceptors (Lipinski definition) is 7. The molecule has 0 radical (unpaired) electrons. The zero-order chi connectivity index (χ0) is 17.4. The van der Waals surface area contributed by atoms with Gasteiger partial charge in [-0.05, 0) is 28.9 Å². The van der Waals surface area contributed by atoms with Crippen LogP contribution in [-0.4, -0.2) is 42.7 Å². The number of carbonyl (C=O) groups excluding carboxylic acids is 1. The number of aromatic amines is 2. The van der Waals surface area contributed by atoms with Crippen LogP contribution in [0.1, 0.15) is 17.4 Å². The number of H-pyrrole nitrogens is 2. The number of fused-ring (bicyclic) bond motifs is 2. The number of anilines is 2. The van der Waals surface area contributed by atoms with Crippen molar-refractivity contribution >= 4 is 55.5 Å². The molecular weight excluding hydrogens is 390 g/mol. The van der Waals surface area contributed by atoms with Crippen LogP contribution in [0.25, 0.3) is 22.1 Å². The highest BCUT2D eigenvalue weighted by Gasteiger charge is 2.20. The first-order chi connectivity index (χ1) is 12.2. The third kappa shape index (κ3) is 2.70. The van der Waals surface area contributed by atoms with Crippen molar-refractivity contribution in [3.63, 3.8) is 0 Å². The van der Waals surface area contributed by atoms with Gasteiger partial charge >= 0.3 is 5.97 Å². The monoisotopic (exact) mass is 401 g/mol. The van der Waals surface area contributed by atoms with Gasteiger partial charge in [-0.3, -0.25) is 5.10 Å². The predicted molar refractivity (Wildman–Crippen MR) is 94.7 cm³/mol. The molecule has 10 heteroatoms. The van der Waals surface area contributed by atoms with E-state index in [0.717, 1.165) is 11.1 Å². The number of nitrogens with one attached hydrogen (secondary N) is 3. The van der Waals surface area contributed by atoms with E-state index in [2.05, 4.69) is 51.4 Å². The highest BCUT2D eigenvalue weighted by Crippen LogP contribution is 2.33. The molecule has 0 aliphatic heterocycles. The first kappa shape index (κ1) is 15.5. The molecule has 0 amide bonds. The van der Waals surface area contributed by atoms with Crippen molar-refractivity contribution in [3.05, 3.63) is 35.0 Å². The molecule has 0 fully saturated rings. The molecule has 0 atom stereocenters. The first-order valence-corrected chi connectivity index (χ1v) is 8.22. The maximum atomic E-state index is 12.0. The molecule has 4 aromatic heterocycles. The van der Waals surface area contributed by atoms with E-state index in [4.69, 9.17) is 4.74 Å². The summed E-state index contributed by atoms with van der Waals surface area (Å²) in [5.74, 6) is 0.0770. The number of pyridine rings is 1. The van der Waals surface area contributed by atoms with Crippen molar-refractivity contribution in [3.8, 4) is 0 Å². The van der Waals surface area contributed by atoms with Gasteiger partial charge in [0, 0.05) is 5.39 Å². The Kier molecular flexibility index (Phi) is 3.80. The van der Waals surface area contributed by atoms with Crippen molar-refractivity contribution in [2.75, 3.05) is 11.9 Å². The Morgan fingerprint density at radius 3 is 3.00 bits per heavy atom. The van der Waals surface area contributed by atoms with Gasteiger partial charge in [-0.1, -0.05) is 0 Å². The molecule has 0 unspecified atom stereocenters. The number of esters is 1. The van der Waals surface area contributed by atoms with Crippen LogP contribution >= 0.6 is 15.9 Å². The lowest BCUT2D eigenvalue weighted by Gasteiger charge is -2.06. The van der Waals surface area contributed by atoms with Crippen molar-refractivity contribution in [1.82, 2.24) is 30.1 Å². The number of nitrogens with zero attached hydrogens (tertiary/aromatic N) is 4. The molecule has 0 bridgehead atoms. The number of carbonyl (C=O) groups is 1. The fourth-order valence-electron chi connectivity index (χ4n) is 2.47. The second kappa shape index (κ2) is 6.13. The van der Waals surface area contributed by atoms with E-state index in [0.29, 0.717) is 32.7 Å². The first-order valence-electron chi connectivity index (χ1n) is 7.42. The van der Waals surface area contributed by atoms with Gasteiger partial charge in [-0.2, -0.15) is 5.10 Å². The summed E-state index contributed by atoms with van der Waals surface area (Å²) in [7, 11) is 0. The maximum absolute atomic E-state index is 12.0. The van der Waals surface area contributed by atoms with E-state index in [1.54, 1.807) is 19.3 Å². The van der Waals surface area contributed by atoms with E-state index < -0.39 is 5.97 Å². The predicted octanol–water partition coefficient (Wildman–Crippen LogP) is 2.91. The van der Waals surface area contributed by atoms with Gasteiger partial charge in [0.2, 0.25) is 0 Å². The van der Waals surface area contributed by atoms with E-state index in [-0.39, 0.29) is 6.61 Å². The SMILES string of the molecule is CCOC(=O)c1[nH]c2ncnc(Nc3cnc4[nH]ncc4c3)c2c1Br. The number of halogens is 1. The van der Waals surface area contributed by atoms with Crippen LogP contribution in [-0.2, 0) is 4.74 Å². The van der Waals surface area contributed by atoms with Crippen molar-refractivity contribution in [1.29, 1.82) is 0 Å². The van der Waals surface area contributed by atoms with Gasteiger partial charge in [-0.15, -0.1) is 0 Å². The smallest absolute Gasteiger partial charge is 0.355 e. The summed E-state index contributed by atoms with van der Waals surface area (Å²) >= 11 is 3.44. The Labute approximate surface area is 149 Å². The minimum absolute atomic E-state index is 0.286. The van der Waals surface area contributed by atoms with Gasteiger partial charge < -0.3 is 15.0 Å². The van der Waals surface area contributed by atoms with Crippen molar-refractivity contribution in [2.45, 2.75) is 6.92 Å². The zero-order valence-corrected chi connectivity index (χ0v) is 14.6. The second-order valence-corrected chi connectivity index (χ2v) is 5.93. The Morgan fingerprint density at radius 1 is 1.28 bits per heavy atom. The Balaban J connectivity index is 1.77. The lowest BCUT2D eigenvalue weighted by atomic mass is 10.3. The van der Waals surface area contributed by atoms with Crippen LogP contribution in [0.15, 0.2) is 29.3 Å². The quantitative estimate of drug-likeness (QED) is 0.449. The number of ether oxygens (including phenoxy) is 1. The molecule has 126 valence electrons. The van der Waals surface area contributed by atoms with E-state index in [1.807, 2.05) is 6.07 Å². The number of rotatable bonds is 4. The van der Waals surface area contributed by atoms with Crippen molar-refractivity contribution < 1.29 is 9.53 Å². The van der Waals surface area contributed by atoms with Gasteiger partial charge in [0.25, 0.3) is 0 Å². The summed E-state index contributed by atoms with van der Waals surface area (Å²) in [6, 6.07) is 1.90. The molecule has 0 aromatic carbocycles. The Morgan fingerprint density at radius 2 is 2.16 bits per heavy atom. The largest absolute Gasteiger partial charge is 0.461 e. The lowest BCUT2D eigenvalue weighted by Crippen LogP contribution is -2.05. The maximum Gasteiger partial charge on any atom is 0.355 e. The topological polar surface area (TPSA) is 121 Å². The van der Waals surface area contributed by atoms with Crippen molar-refractivity contribution in [2.24, 2.45) is 0 Å². The van der Waals surface area contributed by atoms with Gasteiger partial charge in [-0.25, -0.2) is 19.7 Å². The van der Waals surface area contributed by atoms with Gasteiger partial charge in [0.15, 0.2) is 5.65 Å². The minimum atomic E-state index is -0.459. The molecule has 0 saturated carbocycles. The molecule has 4 heterocycles. The molecule has 3 N–H and O–H groups in total. The van der Waals surface area contributed by atoms with Gasteiger partial charge in [0.05, 0.1) is 34.5 Å². The van der Waals surface area contributed by atoms with E-state index >= 15 is 0 Å².